The van der Waals surface area contributed by atoms with Crippen molar-refractivity contribution in [2.75, 3.05) is 59.0 Å². The summed E-state index contributed by atoms with van der Waals surface area (Å²) in [6.45, 7) is 5.89. The van der Waals surface area contributed by atoms with Crippen LogP contribution in [0.3, 0.4) is 0 Å². The molecule has 43 heavy (non-hydrogen) atoms. The number of unbranched alkanes of at least 4 members (excludes halogenated alkanes) is 2. The third-order valence-electron chi connectivity index (χ3n) is 9.32. The Bertz CT molecular complexity index is 1250. The summed E-state index contributed by atoms with van der Waals surface area (Å²) in [6.07, 6.45) is 8.08. The van der Waals surface area contributed by atoms with Gasteiger partial charge in [0, 0.05) is 62.3 Å². The van der Waals surface area contributed by atoms with Gasteiger partial charge in [0.2, 0.25) is 0 Å². The highest BCUT2D eigenvalue weighted by atomic mass is 19.1. The summed E-state index contributed by atoms with van der Waals surface area (Å²) in [5.74, 6) is 0.333. The van der Waals surface area contributed by atoms with Crippen LogP contribution in [-0.4, -0.2) is 80.7 Å². The summed E-state index contributed by atoms with van der Waals surface area (Å²) in [7, 11) is 3.11. The standard InChI is InChI=1S/C33H46FN3O6/c1-33(11-16-42-17-12-33)22-18-26(30(41-3)27(34)19-22)29(32(38)39)37-14-10-24(21-37)43-15-6-4-5-8-23-20-28(40-2)25-9-7-13-35-31(25)36-23/h18-20,24,29H,4-17,21H2,1-3H3,(H,35,36)(H,38,39)/t24-,29+/m1/s1. The average Bonchev–Trinajstić information content (AvgIpc) is 3.46. The van der Waals surface area contributed by atoms with Crippen LogP contribution in [0.25, 0.3) is 0 Å². The summed E-state index contributed by atoms with van der Waals surface area (Å²) in [6, 6.07) is 4.38. The lowest BCUT2D eigenvalue weighted by Crippen LogP contribution is -2.35. The number of rotatable bonds is 13. The first-order chi connectivity index (χ1) is 20.8. The molecule has 4 heterocycles. The minimum atomic E-state index is -1.02. The second-order valence-electron chi connectivity index (χ2n) is 12.3. The van der Waals surface area contributed by atoms with E-state index < -0.39 is 17.8 Å². The molecule has 0 saturated carbocycles. The Balaban J connectivity index is 1.14. The number of nitrogens with zero attached hydrogens (tertiary/aromatic N) is 2. The van der Waals surface area contributed by atoms with Crippen molar-refractivity contribution in [3.8, 4) is 11.5 Å². The van der Waals surface area contributed by atoms with Crippen LogP contribution >= 0.6 is 0 Å². The van der Waals surface area contributed by atoms with E-state index in [2.05, 4.69) is 18.3 Å². The van der Waals surface area contributed by atoms with Crippen molar-refractivity contribution in [3.63, 3.8) is 0 Å². The minimum absolute atomic E-state index is 0.00186. The summed E-state index contributed by atoms with van der Waals surface area (Å²) in [4.78, 5) is 19.3. The zero-order chi connectivity index (χ0) is 30.4. The van der Waals surface area contributed by atoms with E-state index in [1.807, 2.05) is 11.0 Å². The Morgan fingerprint density at radius 2 is 2.02 bits per heavy atom. The van der Waals surface area contributed by atoms with E-state index in [0.29, 0.717) is 38.5 Å². The molecule has 3 aliphatic heterocycles. The monoisotopic (exact) mass is 599 g/mol. The van der Waals surface area contributed by atoms with E-state index in [9.17, 15) is 9.90 Å². The Kier molecular flexibility index (Phi) is 10.4. The number of halogens is 1. The summed E-state index contributed by atoms with van der Waals surface area (Å²) < 4.78 is 38.0. The number of nitrogens with one attached hydrogen (secondary N) is 1. The maximum atomic E-state index is 15.3. The van der Waals surface area contributed by atoms with E-state index in [4.69, 9.17) is 23.9 Å². The first-order valence-corrected chi connectivity index (χ1v) is 15.7. The molecule has 9 nitrogen and oxygen atoms in total. The third-order valence-corrected chi connectivity index (χ3v) is 9.32. The van der Waals surface area contributed by atoms with E-state index in [1.165, 1.54) is 18.7 Å². The van der Waals surface area contributed by atoms with Crippen molar-refractivity contribution in [2.45, 2.75) is 82.3 Å². The number of hydrogen-bond donors (Lipinski definition) is 2. The fourth-order valence-corrected chi connectivity index (χ4v) is 6.71. The molecule has 0 amide bonds. The predicted molar refractivity (Wildman–Crippen MR) is 162 cm³/mol. The van der Waals surface area contributed by atoms with Crippen LogP contribution in [0.1, 0.15) is 80.3 Å². The zero-order valence-corrected chi connectivity index (χ0v) is 25.8. The molecule has 10 heteroatoms. The van der Waals surface area contributed by atoms with Gasteiger partial charge in [0.1, 0.15) is 17.6 Å². The lowest BCUT2D eigenvalue weighted by atomic mass is 9.75. The number of fused-ring (bicyclic) bond motifs is 1. The van der Waals surface area contributed by atoms with Gasteiger partial charge in [-0.25, -0.2) is 9.37 Å². The normalized spacial score (nSPS) is 20.7. The van der Waals surface area contributed by atoms with Crippen molar-refractivity contribution in [3.05, 3.63) is 46.4 Å². The van der Waals surface area contributed by atoms with E-state index >= 15 is 4.39 Å². The van der Waals surface area contributed by atoms with Gasteiger partial charge in [-0.1, -0.05) is 13.3 Å². The Labute approximate surface area is 254 Å². The third kappa shape index (κ3) is 7.24. The molecule has 0 radical (unpaired) electrons. The number of carbonyl (C=O) groups is 1. The molecule has 2 saturated heterocycles. The molecular formula is C33H46FN3O6. The Hall–Kier alpha value is -2.95. The van der Waals surface area contributed by atoms with Crippen molar-refractivity contribution in [2.24, 2.45) is 0 Å². The molecule has 236 valence electrons. The maximum Gasteiger partial charge on any atom is 0.325 e. The molecule has 0 bridgehead atoms. The zero-order valence-electron chi connectivity index (χ0n) is 25.8. The molecule has 2 atom stereocenters. The number of likely N-dealkylation sites (tertiary alicyclic amines) is 1. The van der Waals surface area contributed by atoms with Crippen LogP contribution in [0, 0.1) is 5.82 Å². The van der Waals surface area contributed by atoms with Gasteiger partial charge < -0.3 is 29.4 Å². The molecule has 0 unspecified atom stereocenters. The molecule has 0 aliphatic carbocycles. The molecule has 5 rings (SSSR count). The Morgan fingerprint density at radius 1 is 1.21 bits per heavy atom. The van der Waals surface area contributed by atoms with Crippen LogP contribution in [0.5, 0.6) is 11.5 Å². The van der Waals surface area contributed by atoms with Crippen molar-refractivity contribution in [1.29, 1.82) is 0 Å². The number of benzene rings is 1. The highest BCUT2D eigenvalue weighted by molar-refractivity contribution is 5.77. The molecule has 0 spiro atoms. The van der Waals surface area contributed by atoms with Gasteiger partial charge >= 0.3 is 5.97 Å². The summed E-state index contributed by atoms with van der Waals surface area (Å²) >= 11 is 0. The van der Waals surface area contributed by atoms with Crippen molar-refractivity contribution >= 4 is 11.8 Å². The highest BCUT2D eigenvalue weighted by Gasteiger charge is 2.38. The number of anilines is 1. The number of aryl methyl sites for hydroxylation is 1. The van der Waals surface area contributed by atoms with Crippen LogP contribution in [0.15, 0.2) is 18.2 Å². The SMILES string of the molecule is COc1cc(CCCCCO[C@@H]2CCN([C@H](C(=O)O)c3cc(C4(C)CCOCC4)cc(F)c3OC)C2)nc2c1CCCN2. The first kappa shape index (κ1) is 31.5. The number of carboxylic acid groups (broad SMARTS) is 1. The van der Waals surface area contributed by atoms with Crippen molar-refractivity contribution in [1.82, 2.24) is 9.88 Å². The van der Waals surface area contributed by atoms with Crippen molar-refractivity contribution < 1.29 is 33.2 Å². The van der Waals surface area contributed by atoms with Gasteiger partial charge in [-0.3, -0.25) is 9.69 Å². The second kappa shape index (κ2) is 14.2. The fraction of sp³-hybridized carbons (Fsp3) is 0.636. The average molecular weight is 600 g/mol. The van der Waals surface area contributed by atoms with Gasteiger partial charge in [-0.15, -0.1) is 0 Å². The molecular weight excluding hydrogens is 553 g/mol. The number of pyridine rings is 1. The van der Waals surface area contributed by atoms with Gasteiger partial charge in [0.25, 0.3) is 0 Å². The first-order valence-electron chi connectivity index (χ1n) is 15.7. The largest absolute Gasteiger partial charge is 0.496 e. The van der Waals surface area contributed by atoms with E-state index in [1.54, 1.807) is 7.11 Å². The number of ether oxygens (including phenoxy) is 4. The quantitative estimate of drug-likeness (QED) is 0.297. The van der Waals surface area contributed by atoms with Crippen LogP contribution in [0.2, 0.25) is 0 Å². The Morgan fingerprint density at radius 3 is 2.77 bits per heavy atom. The minimum Gasteiger partial charge on any atom is -0.496 e. The summed E-state index contributed by atoms with van der Waals surface area (Å²) in [5.41, 5.74) is 3.09. The number of aliphatic carboxylic acids is 1. The number of carboxylic acids is 1. The van der Waals surface area contributed by atoms with Gasteiger partial charge in [-0.2, -0.15) is 0 Å². The summed E-state index contributed by atoms with van der Waals surface area (Å²) in [5, 5.41) is 13.7. The van der Waals surface area contributed by atoms with Crippen LogP contribution < -0.4 is 14.8 Å². The lowest BCUT2D eigenvalue weighted by molar-refractivity contribution is -0.143. The lowest BCUT2D eigenvalue weighted by Gasteiger charge is -2.35. The number of hydrogen-bond acceptors (Lipinski definition) is 8. The fourth-order valence-electron chi connectivity index (χ4n) is 6.71. The molecule has 1 aromatic carbocycles. The molecule has 2 aromatic rings. The van der Waals surface area contributed by atoms with Crippen LogP contribution in [0.4, 0.5) is 10.2 Å². The molecule has 2 fully saturated rings. The molecule has 1 aromatic heterocycles. The topological polar surface area (TPSA) is 102 Å². The molecule has 2 N–H and O–H groups in total. The number of methoxy groups -OCH3 is 2. The predicted octanol–water partition coefficient (Wildman–Crippen LogP) is 5.29. The van der Waals surface area contributed by atoms with Gasteiger partial charge in [0.15, 0.2) is 11.6 Å². The van der Waals surface area contributed by atoms with E-state index in [0.717, 1.165) is 87.2 Å². The van der Waals surface area contributed by atoms with E-state index in [-0.39, 0.29) is 17.3 Å². The maximum absolute atomic E-state index is 15.3. The highest BCUT2D eigenvalue weighted by Crippen LogP contribution is 2.41. The van der Waals surface area contributed by atoms with Crippen LogP contribution in [-0.2, 0) is 32.5 Å². The molecule has 3 aliphatic rings. The number of aromatic nitrogens is 1. The van der Waals surface area contributed by atoms with Gasteiger partial charge in [0.05, 0.1) is 20.3 Å². The smallest absolute Gasteiger partial charge is 0.325 e. The second-order valence-corrected chi connectivity index (χ2v) is 12.3. The van der Waals surface area contributed by atoms with Gasteiger partial charge in [-0.05, 0) is 74.5 Å².